The fourth-order valence-corrected chi connectivity index (χ4v) is 2.44. The molecule has 0 aliphatic heterocycles. The van der Waals surface area contributed by atoms with E-state index in [-0.39, 0.29) is 11.9 Å². The number of carbonyl (C=O) groups is 1. The fraction of sp³-hybridized carbons (Fsp3) is 0.350. The molecule has 1 amide bonds. The van der Waals surface area contributed by atoms with Crippen molar-refractivity contribution in [2.24, 2.45) is 0 Å². The highest BCUT2D eigenvalue weighted by molar-refractivity contribution is 5.96. The predicted molar refractivity (Wildman–Crippen MR) is 102 cm³/mol. The van der Waals surface area contributed by atoms with Gasteiger partial charge >= 0.3 is 0 Å². The highest BCUT2D eigenvalue weighted by Crippen LogP contribution is 2.29. The van der Waals surface area contributed by atoms with Crippen LogP contribution in [0, 0.1) is 0 Å². The van der Waals surface area contributed by atoms with Crippen molar-refractivity contribution < 1.29 is 14.3 Å². The van der Waals surface area contributed by atoms with Gasteiger partial charge in [0.2, 0.25) is 5.91 Å². The van der Waals surface area contributed by atoms with E-state index in [2.05, 4.69) is 36.6 Å². The normalized spacial score (nSPS) is 11.8. The number of amides is 1. The van der Waals surface area contributed by atoms with Crippen molar-refractivity contribution in [3.63, 3.8) is 0 Å². The summed E-state index contributed by atoms with van der Waals surface area (Å²) in [5.41, 5.74) is 2.85. The van der Waals surface area contributed by atoms with E-state index in [1.165, 1.54) is 5.56 Å². The van der Waals surface area contributed by atoms with Crippen LogP contribution in [0.15, 0.2) is 42.5 Å². The topological polar surface area (TPSA) is 59.6 Å². The van der Waals surface area contributed by atoms with Gasteiger partial charge in [0.05, 0.1) is 14.2 Å². The number of benzene rings is 2. The van der Waals surface area contributed by atoms with Gasteiger partial charge in [-0.1, -0.05) is 26.0 Å². The summed E-state index contributed by atoms with van der Waals surface area (Å²) in [5.74, 6) is 1.56. The largest absolute Gasteiger partial charge is 0.493 e. The van der Waals surface area contributed by atoms with Gasteiger partial charge in [-0.05, 0) is 42.7 Å². The van der Waals surface area contributed by atoms with Crippen LogP contribution in [-0.4, -0.2) is 26.2 Å². The van der Waals surface area contributed by atoms with Crippen LogP contribution in [0.2, 0.25) is 0 Å². The molecule has 0 fully saturated rings. The second-order valence-electron chi connectivity index (χ2n) is 6.20. The summed E-state index contributed by atoms with van der Waals surface area (Å²) >= 11 is 0. The van der Waals surface area contributed by atoms with E-state index in [0.29, 0.717) is 23.1 Å². The summed E-state index contributed by atoms with van der Waals surface area (Å²) in [6, 6.07) is 13.0. The Kier molecular flexibility index (Phi) is 6.28. The summed E-state index contributed by atoms with van der Waals surface area (Å²) in [5, 5.41) is 6.09. The van der Waals surface area contributed by atoms with Gasteiger partial charge in [0.15, 0.2) is 11.5 Å². The zero-order chi connectivity index (χ0) is 18.4. The minimum atomic E-state index is -0.377. The minimum Gasteiger partial charge on any atom is -0.493 e. The monoisotopic (exact) mass is 342 g/mol. The number of nitrogens with one attached hydrogen (secondary N) is 2. The van der Waals surface area contributed by atoms with Crippen LogP contribution in [0.3, 0.4) is 0 Å². The number of rotatable bonds is 7. The molecule has 0 aliphatic rings. The van der Waals surface area contributed by atoms with Crippen LogP contribution in [0.1, 0.15) is 32.3 Å². The molecule has 2 aromatic carbocycles. The number of hydrogen-bond donors (Lipinski definition) is 2. The van der Waals surface area contributed by atoms with Gasteiger partial charge in [-0.15, -0.1) is 0 Å². The van der Waals surface area contributed by atoms with Crippen LogP contribution < -0.4 is 20.1 Å². The first-order valence-electron chi connectivity index (χ1n) is 8.34. The summed E-state index contributed by atoms with van der Waals surface area (Å²) in [4.78, 5) is 12.4. The summed E-state index contributed by atoms with van der Waals surface area (Å²) in [6.45, 7) is 6.13. The zero-order valence-electron chi connectivity index (χ0n) is 15.4. The second-order valence-corrected chi connectivity index (χ2v) is 6.20. The molecule has 0 bridgehead atoms. The molecule has 5 heteroatoms. The molecular formula is C20H26N2O3. The molecule has 0 spiro atoms. The maximum atomic E-state index is 12.4. The Labute approximate surface area is 149 Å². The molecule has 2 rings (SSSR count). The minimum absolute atomic E-state index is 0.125. The molecule has 0 aromatic heterocycles. The fourth-order valence-electron chi connectivity index (χ4n) is 2.44. The summed E-state index contributed by atoms with van der Waals surface area (Å²) in [7, 11) is 3.14. The van der Waals surface area contributed by atoms with Gasteiger partial charge in [-0.25, -0.2) is 0 Å². The Morgan fingerprint density at radius 1 is 0.880 bits per heavy atom. The van der Waals surface area contributed by atoms with E-state index < -0.39 is 0 Å². The Balaban J connectivity index is 2.00. The van der Waals surface area contributed by atoms with E-state index in [4.69, 9.17) is 9.47 Å². The molecule has 0 saturated carbocycles. The molecule has 0 radical (unpaired) electrons. The molecule has 1 unspecified atom stereocenters. The molecule has 5 nitrogen and oxygen atoms in total. The van der Waals surface area contributed by atoms with E-state index in [1.54, 1.807) is 32.4 Å². The van der Waals surface area contributed by atoms with Gasteiger partial charge < -0.3 is 20.1 Å². The second kappa shape index (κ2) is 8.42. The van der Waals surface area contributed by atoms with E-state index >= 15 is 0 Å². The lowest BCUT2D eigenvalue weighted by molar-refractivity contribution is -0.116. The Hall–Kier alpha value is -2.69. The van der Waals surface area contributed by atoms with Gasteiger partial charge in [-0.3, -0.25) is 4.79 Å². The molecule has 0 aliphatic carbocycles. The molecule has 2 N–H and O–H groups in total. The first-order chi connectivity index (χ1) is 11.9. The van der Waals surface area contributed by atoms with Crippen LogP contribution in [0.5, 0.6) is 11.5 Å². The predicted octanol–water partition coefficient (Wildman–Crippen LogP) is 4.27. The SMILES string of the molecule is COc1ccc(NC(=O)C(C)Nc2ccc(C(C)C)cc2)cc1OC. The van der Waals surface area contributed by atoms with Gasteiger partial charge in [0, 0.05) is 17.4 Å². The van der Waals surface area contributed by atoms with E-state index in [9.17, 15) is 4.79 Å². The maximum absolute atomic E-state index is 12.4. The molecule has 134 valence electrons. The smallest absolute Gasteiger partial charge is 0.246 e. The third-order valence-electron chi connectivity index (χ3n) is 4.00. The standard InChI is InChI=1S/C20H26N2O3/c1-13(2)15-6-8-16(9-7-15)21-14(3)20(23)22-17-10-11-18(24-4)19(12-17)25-5/h6-14,21H,1-5H3,(H,22,23). The zero-order valence-corrected chi connectivity index (χ0v) is 15.4. The molecule has 1 atom stereocenters. The summed E-state index contributed by atoms with van der Waals surface area (Å²) < 4.78 is 10.5. The van der Waals surface area contributed by atoms with E-state index in [0.717, 1.165) is 5.69 Å². The first-order valence-corrected chi connectivity index (χ1v) is 8.34. The van der Waals surface area contributed by atoms with Gasteiger partial charge in [0.25, 0.3) is 0 Å². The third kappa shape index (κ3) is 4.89. The Bertz CT molecular complexity index is 711. The van der Waals surface area contributed by atoms with Crippen LogP contribution in [0.25, 0.3) is 0 Å². The number of ether oxygens (including phenoxy) is 2. The average molecular weight is 342 g/mol. The summed E-state index contributed by atoms with van der Waals surface area (Å²) in [6.07, 6.45) is 0. The van der Waals surface area contributed by atoms with Crippen LogP contribution >= 0.6 is 0 Å². The first kappa shape index (κ1) is 18.6. The molecular weight excluding hydrogens is 316 g/mol. The van der Waals surface area contributed by atoms with Crippen molar-refractivity contribution >= 4 is 17.3 Å². The van der Waals surface area contributed by atoms with Crippen LogP contribution in [-0.2, 0) is 4.79 Å². The molecule has 2 aromatic rings. The van der Waals surface area contributed by atoms with Gasteiger partial charge in [0.1, 0.15) is 6.04 Å². The van der Waals surface area contributed by atoms with Gasteiger partial charge in [-0.2, -0.15) is 0 Å². The molecule has 0 saturated heterocycles. The van der Waals surface area contributed by atoms with Crippen LogP contribution in [0.4, 0.5) is 11.4 Å². The molecule has 25 heavy (non-hydrogen) atoms. The van der Waals surface area contributed by atoms with Crippen molar-refractivity contribution in [2.75, 3.05) is 24.9 Å². The third-order valence-corrected chi connectivity index (χ3v) is 4.00. The van der Waals surface area contributed by atoms with Crippen molar-refractivity contribution in [1.82, 2.24) is 0 Å². The number of methoxy groups -OCH3 is 2. The molecule has 0 heterocycles. The lowest BCUT2D eigenvalue weighted by Gasteiger charge is -2.17. The lowest BCUT2D eigenvalue weighted by Crippen LogP contribution is -2.31. The average Bonchev–Trinajstić information content (AvgIpc) is 2.61. The van der Waals surface area contributed by atoms with E-state index in [1.807, 2.05) is 19.1 Å². The van der Waals surface area contributed by atoms with Crippen molar-refractivity contribution in [1.29, 1.82) is 0 Å². The lowest BCUT2D eigenvalue weighted by atomic mass is 10.0. The quantitative estimate of drug-likeness (QED) is 0.789. The maximum Gasteiger partial charge on any atom is 0.246 e. The highest BCUT2D eigenvalue weighted by atomic mass is 16.5. The number of carbonyl (C=O) groups excluding carboxylic acids is 1. The Morgan fingerprint density at radius 2 is 1.48 bits per heavy atom. The van der Waals surface area contributed by atoms with Crippen molar-refractivity contribution in [3.8, 4) is 11.5 Å². The van der Waals surface area contributed by atoms with Crippen molar-refractivity contribution in [2.45, 2.75) is 32.7 Å². The van der Waals surface area contributed by atoms with Crippen molar-refractivity contribution in [3.05, 3.63) is 48.0 Å². The highest BCUT2D eigenvalue weighted by Gasteiger charge is 2.14. The number of anilines is 2. The number of hydrogen-bond acceptors (Lipinski definition) is 4. The Morgan fingerprint density at radius 3 is 2.04 bits per heavy atom.